The second-order valence-corrected chi connectivity index (χ2v) is 8.89. The second-order valence-electron chi connectivity index (χ2n) is 7.63. The van der Waals surface area contributed by atoms with Crippen molar-refractivity contribution in [3.63, 3.8) is 0 Å². The molecule has 2 aliphatic rings. The van der Waals surface area contributed by atoms with Crippen molar-refractivity contribution in [2.24, 2.45) is 4.99 Å². The Balaban J connectivity index is 1.71. The number of thiophene rings is 1. The standard InChI is InChI=1S/C22H22N2OS/c1-5-24-17-12-14(2)26-20(17)21(3,4)22(24)13-23-19-16-9-7-6-8-15(16)10-11-18(19)25-22/h6-13H,5H2,1-4H3. The Morgan fingerprint density at radius 2 is 1.96 bits per heavy atom. The van der Waals surface area contributed by atoms with Gasteiger partial charge in [-0.05, 0) is 45.2 Å². The topological polar surface area (TPSA) is 24.8 Å². The molecule has 132 valence electrons. The highest BCUT2D eigenvalue weighted by atomic mass is 32.1. The maximum Gasteiger partial charge on any atom is 0.229 e. The molecule has 0 amide bonds. The molecule has 1 atom stereocenters. The van der Waals surface area contributed by atoms with Gasteiger partial charge in [-0.2, -0.15) is 0 Å². The summed E-state index contributed by atoms with van der Waals surface area (Å²) >= 11 is 1.87. The van der Waals surface area contributed by atoms with Gasteiger partial charge in [0, 0.05) is 21.7 Å². The summed E-state index contributed by atoms with van der Waals surface area (Å²) in [5.41, 5.74) is 1.47. The highest BCUT2D eigenvalue weighted by Crippen LogP contribution is 2.57. The number of aryl methyl sites for hydroxylation is 1. The number of anilines is 1. The second kappa shape index (κ2) is 5.10. The minimum absolute atomic E-state index is 0.176. The van der Waals surface area contributed by atoms with Crippen LogP contribution in [-0.2, 0) is 5.41 Å². The van der Waals surface area contributed by atoms with E-state index in [-0.39, 0.29) is 5.41 Å². The maximum absolute atomic E-state index is 6.77. The molecule has 5 rings (SSSR count). The fourth-order valence-corrected chi connectivity index (χ4v) is 5.61. The van der Waals surface area contributed by atoms with Gasteiger partial charge in [-0.3, -0.25) is 4.99 Å². The molecule has 0 saturated heterocycles. The number of fused-ring (bicyclic) bond motifs is 4. The van der Waals surface area contributed by atoms with Crippen LogP contribution < -0.4 is 9.64 Å². The largest absolute Gasteiger partial charge is 0.459 e. The van der Waals surface area contributed by atoms with Gasteiger partial charge in [0.1, 0.15) is 11.4 Å². The molecule has 2 aliphatic heterocycles. The van der Waals surface area contributed by atoms with Crippen LogP contribution in [0.5, 0.6) is 5.75 Å². The Morgan fingerprint density at radius 1 is 1.15 bits per heavy atom. The van der Waals surface area contributed by atoms with Gasteiger partial charge >= 0.3 is 0 Å². The molecule has 0 radical (unpaired) electrons. The molecular formula is C22H22N2OS. The average Bonchev–Trinajstić information content (AvgIpc) is 3.09. The number of hydrogen-bond acceptors (Lipinski definition) is 4. The van der Waals surface area contributed by atoms with E-state index in [0.29, 0.717) is 0 Å². The number of nitrogens with zero attached hydrogens (tertiary/aromatic N) is 2. The van der Waals surface area contributed by atoms with Crippen LogP contribution in [0.1, 0.15) is 30.5 Å². The Kier molecular flexibility index (Phi) is 3.12. The van der Waals surface area contributed by atoms with Crippen molar-refractivity contribution in [3.05, 3.63) is 52.2 Å². The van der Waals surface area contributed by atoms with E-state index in [1.807, 2.05) is 17.6 Å². The van der Waals surface area contributed by atoms with Crippen LogP contribution in [0.2, 0.25) is 0 Å². The van der Waals surface area contributed by atoms with E-state index >= 15 is 0 Å². The summed E-state index contributed by atoms with van der Waals surface area (Å²) in [7, 11) is 0. The quantitative estimate of drug-likeness (QED) is 0.545. The van der Waals surface area contributed by atoms with Gasteiger partial charge in [0.15, 0.2) is 0 Å². The van der Waals surface area contributed by atoms with E-state index in [9.17, 15) is 0 Å². The van der Waals surface area contributed by atoms with Crippen LogP contribution >= 0.6 is 11.3 Å². The molecule has 3 heterocycles. The molecule has 1 spiro atoms. The lowest BCUT2D eigenvalue weighted by molar-refractivity contribution is 0.0799. The number of rotatable bonds is 1. The predicted octanol–water partition coefficient (Wildman–Crippen LogP) is 5.82. The van der Waals surface area contributed by atoms with Gasteiger partial charge in [-0.25, -0.2) is 0 Å². The predicted molar refractivity (Wildman–Crippen MR) is 111 cm³/mol. The van der Waals surface area contributed by atoms with Crippen molar-refractivity contribution in [2.75, 3.05) is 11.4 Å². The van der Waals surface area contributed by atoms with E-state index in [1.165, 1.54) is 20.8 Å². The monoisotopic (exact) mass is 362 g/mol. The van der Waals surface area contributed by atoms with E-state index in [1.54, 1.807) is 0 Å². The van der Waals surface area contributed by atoms with Crippen molar-refractivity contribution in [1.82, 2.24) is 0 Å². The summed E-state index contributed by atoms with van der Waals surface area (Å²) in [6.07, 6.45) is 2.04. The lowest BCUT2D eigenvalue weighted by Gasteiger charge is -2.46. The fourth-order valence-electron chi connectivity index (χ4n) is 4.44. The molecule has 0 bridgehead atoms. The Labute approximate surface area is 157 Å². The van der Waals surface area contributed by atoms with Crippen molar-refractivity contribution in [1.29, 1.82) is 0 Å². The van der Waals surface area contributed by atoms with Crippen LogP contribution in [-0.4, -0.2) is 18.5 Å². The first-order valence-electron chi connectivity index (χ1n) is 9.12. The zero-order valence-corrected chi connectivity index (χ0v) is 16.4. The highest BCUT2D eigenvalue weighted by Gasteiger charge is 2.60. The maximum atomic E-state index is 6.77. The molecule has 0 N–H and O–H groups in total. The zero-order valence-electron chi connectivity index (χ0n) is 15.5. The SMILES string of the molecule is CCN1c2cc(C)sc2C(C)(C)C12C=Nc1c(ccc3ccccc13)O2. The zero-order chi connectivity index (χ0) is 18.1. The minimum Gasteiger partial charge on any atom is -0.459 e. The van der Waals surface area contributed by atoms with Crippen LogP contribution in [0.25, 0.3) is 10.8 Å². The third kappa shape index (κ3) is 1.80. The normalized spacial score (nSPS) is 22.5. The van der Waals surface area contributed by atoms with Crippen LogP contribution in [0, 0.1) is 6.92 Å². The summed E-state index contributed by atoms with van der Waals surface area (Å²) in [5.74, 6) is 0.865. The summed E-state index contributed by atoms with van der Waals surface area (Å²) in [5, 5.41) is 2.33. The van der Waals surface area contributed by atoms with Gasteiger partial charge in [-0.1, -0.05) is 30.3 Å². The number of likely N-dealkylation sites (N-methyl/N-ethyl adjacent to an activating group) is 1. The van der Waals surface area contributed by atoms with Crippen molar-refractivity contribution in [2.45, 2.75) is 38.8 Å². The van der Waals surface area contributed by atoms with Gasteiger partial charge in [0.05, 0.1) is 17.3 Å². The highest BCUT2D eigenvalue weighted by molar-refractivity contribution is 7.12. The van der Waals surface area contributed by atoms with Crippen LogP contribution in [0.3, 0.4) is 0 Å². The third-order valence-electron chi connectivity index (χ3n) is 5.80. The molecule has 2 aromatic carbocycles. The summed E-state index contributed by atoms with van der Waals surface area (Å²) < 4.78 is 6.77. The summed E-state index contributed by atoms with van der Waals surface area (Å²) in [4.78, 5) is 10.0. The first-order valence-corrected chi connectivity index (χ1v) is 9.94. The summed E-state index contributed by atoms with van der Waals surface area (Å²) in [6.45, 7) is 9.79. The van der Waals surface area contributed by atoms with Gasteiger partial charge in [0.2, 0.25) is 5.72 Å². The van der Waals surface area contributed by atoms with E-state index in [2.05, 4.69) is 75.1 Å². The number of benzene rings is 2. The van der Waals surface area contributed by atoms with Crippen LogP contribution in [0.4, 0.5) is 11.4 Å². The van der Waals surface area contributed by atoms with Gasteiger partial charge in [0.25, 0.3) is 0 Å². The Morgan fingerprint density at radius 3 is 2.77 bits per heavy atom. The first kappa shape index (κ1) is 15.9. The van der Waals surface area contributed by atoms with Gasteiger partial charge < -0.3 is 9.64 Å². The van der Waals surface area contributed by atoms with Gasteiger partial charge in [-0.15, -0.1) is 11.3 Å². The third-order valence-corrected chi connectivity index (χ3v) is 7.17. The smallest absolute Gasteiger partial charge is 0.229 e. The summed E-state index contributed by atoms with van der Waals surface area (Å²) in [6, 6.07) is 14.8. The number of ether oxygens (including phenoxy) is 1. The molecule has 0 saturated carbocycles. The van der Waals surface area contributed by atoms with E-state index in [4.69, 9.17) is 9.73 Å². The minimum atomic E-state index is -0.577. The molecule has 1 aromatic heterocycles. The lowest BCUT2D eigenvalue weighted by atomic mass is 9.81. The number of aliphatic imine (C=N–C) groups is 1. The molecule has 3 nitrogen and oxygen atoms in total. The van der Waals surface area contributed by atoms with E-state index < -0.39 is 5.72 Å². The molecule has 0 aliphatic carbocycles. The Bertz CT molecular complexity index is 1070. The van der Waals surface area contributed by atoms with Crippen LogP contribution in [0.15, 0.2) is 47.5 Å². The Hall–Kier alpha value is -2.33. The molecule has 26 heavy (non-hydrogen) atoms. The number of hydrogen-bond donors (Lipinski definition) is 0. The fraction of sp³-hybridized carbons (Fsp3) is 0.318. The van der Waals surface area contributed by atoms with Crippen molar-refractivity contribution < 1.29 is 4.74 Å². The molecular weight excluding hydrogens is 340 g/mol. The van der Waals surface area contributed by atoms with Crippen molar-refractivity contribution in [3.8, 4) is 5.75 Å². The lowest BCUT2D eigenvalue weighted by Crippen LogP contribution is -2.62. The molecule has 0 fully saturated rings. The molecule has 3 aromatic rings. The first-order chi connectivity index (χ1) is 12.5. The molecule has 1 unspecified atom stereocenters. The van der Waals surface area contributed by atoms with E-state index in [0.717, 1.165) is 23.4 Å². The molecule has 4 heteroatoms. The average molecular weight is 362 g/mol. The van der Waals surface area contributed by atoms with Crippen molar-refractivity contribution >= 4 is 39.7 Å².